The van der Waals surface area contributed by atoms with Gasteiger partial charge in [-0.05, 0) is 19.8 Å². The summed E-state index contributed by atoms with van der Waals surface area (Å²) in [4.78, 5) is 0. The molecule has 0 saturated carbocycles. The third-order valence-corrected chi connectivity index (χ3v) is 2.83. The van der Waals surface area contributed by atoms with E-state index in [4.69, 9.17) is 9.47 Å². The summed E-state index contributed by atoms with van der Waals surface area (Å²) < 4.78 is 11.3. The first kappa shape index (κ1) is 8.48. The molecule has 2 aliphatic heterocycles. The van der Waals surface area contributed by atoms with E-state index in [2.05, 4.69) is 6.92 Å². The van der Waals surface area contributed by atoms with Gasteiger partial charge in [0.25, 0.3) is 0 Å². The van der Waals surface area contributed by atoms with Crippen molar-refractivity contribution in [3.05, 3.63) is 0 Å². The molecule has 4 atom stereocenters. The van der Waals surface area contributed by atoms with E-state index in [0.29, 0.717) is 0 Å². The fourth-order valence-electron chi connectivity index (χ4n) is 2.11. The van der Waals surface area contributed by atoms with Gasteiger partial charge >= 0.3 is 0 Å². The molecular formula is C9H16O3. The molecule has 0 unspecified atom stereocenters. The van der Waals surface area contributed by atoms with Gasteiger partial charge in [-0.3, -0.25) is 0 Å². The number of aliphatic hydroxyl groups is 1. The molecule has 0 aromatic heterocycles. The summed E-state index contributed by atoms with van der Waals surface area (Å²) in [5.74, 6) is -0.412. The third kappa shape index (κ3) is 1.16. The Bertz CT molecular complexity index is 179. The van der Waals surface area contributed by atoms with Gasteiger partial charge in [-0.15, -0.1) is 0 Å². The number of aliphatic hydroxyl groups excluding tert-OH is 1. The van der Waals surface area contributed by atoms with Crippen LogP contribution in [-0.2, 0) is 9.47 Å². The fraction of sp³-hybridized carbons (Fsp3) is 1.00. The topological polar surface area (TPSA) is 38.7 Å². The maximum absolute atomic E-state index is 9.61. The average molecular weight is 172 g/mol. The number of hydrogen-bond donors (Lipinski definition) is 1. The smallest absolute Gasteiger partial charge is 0.166 e. The van der Waals surface area contributed by atoms with Crippen LogP contribution in [0.4, 0.5) is 0 Å². The molecule has 0 amide bonds. The van der Waals surface area contributed by atoms with Crippen molar-refractivity contribution in [2.24, 2.45) is 0 Å². The minimum atomic E-state index is -0.412. The Morgan fingerprint density at radius 1 is 1.50 bits per heavy atom. The zero-order chi connectivity index (χ0) is 8.77. The molecule has 70 valence electrons. The van der Waals surface area contributed by atoms with Crippen molar-refractivity contribution < 1.29 is 14.6 Å². The SMILES string of the molecule is CC[C@@H]1O[C@]2(C)CC[C@H](O)[C@H]1O2. The zero-order valence-electron chi connectivity index (χ0n) is 7.62. The second kappa shape index (κ2) is 2.69. The van der Waals surface area contributed by atoms with E-state index < -0.39 is 5.79 Å². The summed E-state index contributed by atoms with van der Waals surface area (Å²) in [5, 5.41) is 9.61. The molecule has 2 heterocycles. The Labute approximate surface area is 72.7 Å². The minimum absolute atomic E-state index is 0.0891. The molecule has 0 aromatic carbocycles. The van der Waals surface area contributed by atoms with Crippen LogP contribution in [0.15, 0.2) is 0 Å². The summed E-state index contributed by atoms with van der Waals surface area (Å²) >= 11 is 0. The van der Waals surface area contributed by atoms with Crippen LogP contribution in [0.5, 0.6) is 0 Å². The van der Waals surface area contributed by atoms with E-state index in [9.17, 15) is 5.11 Å². The van der Waals surface area contributed by atoms with Gasteiger partial charge in [0.2, 0.25) is 0 Å². The van der Waals surface area contributed by atoms with Crippen LogP contribution in [0.25, 0.3) is 0 Å². The second-order valence-corrected chi connectivity index (χ2v) is 3.89. The molecule has 2 aliphatic rings. The van der Waals surface area contributed by atoms with E-state index in [1.165, 1.54) is 0 Å². The van der Waals surface area contributed by atoms with E-state index >= 15 is 0 Å². The highest BCUT2D eigenvalue weighted by Gasteiger charge is 2.50. The van der Waals surface area contributed by atoms with Crippen LogP contribution < -0.4 is 0 Å². The van der Waals surface area contributed by atoms with Crippen molar-refractivity contribution in [3.8, 4) is 0 Å². The highest BCUT2D eigenvalue weighted by molar-refractivity contribution is 4.92. The molecule has 2 rings (SSSR count). The highest BCUT2D eigenvalue weighted by atomic mass is 16.8. The van der Waals surface area contributed by atoms with Crippen LogP contribution >= 0.6 is 0 Å². The van der Waals surface area contributed by atoms with Crippen molar-refractivity contribution in [2.45, 2.75) is 57.2 Å². The Morgan fingerprint density at radius 2 is 2.25 bits per heavy atom. The Hall–Kier alpha value is -0.120. The lowest BCUT2D eigenvalue weighted by Crippen LogP contribution is -2.40. The monoisotopic (exact) mass is 172 g/mol. The summed E-state index contributed by atoms with van der Waals surface area (Å²) in [6, 6.07) is 0. The fourth-order valence-corrected chi connectivity index (χ4v) is 2.11. The summed E-state index contributed by atoms with van der Waals surface area (Å²) in [7, 11) is 0. The normalized spacial score (nSPS) is 52.8. The quantitative estimate of drug-likeness (QED) is 0.642. The molecule has 0 spiro atoms. The third-order valence-electron chi connectivity index (χ3n) is 2.83. The molecule has 0 aliphatic carbocycles. The molecule has 3 nitrogen and oxygen atoms in total. The number of hydrogen-bond acceptors (Lipinski definition) is 3. The van der Waals surface area contributed by atoms with Gasteiger partial charge in [0, 0.05) is 6.42 Å². The molecule has 0 aromatic rings. The zero-order valence-corrected chi connectivity index (χ0v) is 7.62. The summed E-state index contributed by atoms with van der Waals surface area (Å²) in [5.41, 5.74) is 0. The van der Waals surface area contributed by atoms with Crippen LogP contribution in [0, 0.1) is 0 Å². The summed E-state index contributed by atoms with van der Waals surface area (Å²) in [6.07, 6.45) is 2.20. The van der Waals surface area contributed by atoms with Crippen molar-refractivity contribution in [1.29, 1.82) is 0 Å². The van der Waals surface area contributed by atoms with Crippen LogP contribution in [-0.4, -0.2) is 29.2 Å². The lowest BCUT2D eigenvalue weighted by atomic mass is 9.99. The maximum Gasteiger partial charge on any atom is 0.166 e. The van der Waals surface area contributed by atoms with Gasteiger partial charge in [-0.1, -0.05) is 6.92 Å². The van der Waals surface area contributed by atoms with Crippen molar-refractivity contribution in [2.75, 3.05) is 0 Å². The van der Waals surface area contributed by atoms with Gasteiger partial charge < -0.3 is 14.6 Å². The maximum atomic E-state index is 9.61. The Balaban J connectivity index is 2.15. The number of fused-ring (bicyclic) bond motifs is 2. The molecule has 0 radical (unpaired) electrons. The van der Waals surface area contributed by atoms with Crippen molar-refractivity contribution in [3.63, 3.8) is 0 Å². The van der Waals surface area contributed by atoms with Crippen molar-refractivity contribution >= 4 is 0 Å². The molecule has 2 bridgehead atoms. The van der Waals surface area contributed by atoms with E-state index in [1.54, 1.807) is 0 Å². The van der Waals surface area contributed by atoms with Crippen molar-refractivity contribution in [1.82, 2.24) is 0 Å². The molecule has 12 heavy (non-hydrogen) atoms. The van der Waals surface area contributed by atoms with Crippen LogP contribution in [0.3, 0.4) is 0 Å². The van der Waals surface area contributed by atoms with Gasteiger partial charge in [0.1, 0.15) is 6.10 Å². The number of ether oxygens (including phenoxy) is 2. The van der Waals surface area contributed by atoms with E-state index in [0.717, 1.165) is 19.3 Å². The molecule has 1 N–H and O–H groups in total. The van der Waals surface area contributed by atoms with E-state index in [1.807, 2.05) is 6.92 Å². The highest BCUT2D eigenvalue weighted by Crippen LogP contribution is 2.40. The Kier molecular flexibility index (Phi) is 1.90. The van der Waals surface area contributed by atoms with E-state index in [-0.39, 0.29) is 18.3 Å². The largest absolute Gasteiger partial charge is 0.390 e. The second-order valence-electron chi connectivity index (χ2n) is 3.89. The molecular weight excluding hydrogens is 156 g/mol. The van der Waals surface area contributed by atoms with Gasteiger partial charge in [0.15, 0.2) is 5.79 Å². The minimum Gasteiger partial charge on any atom is -0.390 e. The molecule has 2 fully saturated rings. The average Bonchev–Trinajstić information content (AvgIpc) is 2.34. The first-order valence-corrected chi connectivity index (χ1v) is 4.68. The molecule has 2 saturated heterocycles. The van der Waals surface area contributed by atoms with Gasteiger partial charge in [-0.2, -0.15) is 0 Å². The lowest BCUT2D eigenvalue weighted by molar-refractivity contribution is -0.197. The van der Waals surface area contributed by atoms with Crippen LogP contribution in [0.2, 0.25) is 0 Å². The predicted octanol–water partition coefficient (Wildman–Crippen LogP) is 1.05. The molecule has 3 heteroatoms. The predicted molar refractivity (Wildman–Crippen MR) is 43.7 cm³/mol. The Morgan fingerprint density at radius 3 is 2.92 bits per heavy atom. The summed E-state index contributed by atoms with van der Waals surface area (Å²) in [6.45, 7) is 4.02. The van der Waals surface area contributed by atoms with Crippen LogP contribution in [0.1, 0.15) is 33.1 Å². The standard InChI is InChI=1S/C9H16O3/c1-3-7-8-6(10)4-5-9(2,11-7)12-8/h6-8,10H,3-5H2,1-2H3/t6-,7-,8+,9-/m0/s1. The van der Waals surface area contributed by atoms with Gasteiger partial charge in [0.05, 0.1) is 12.2 Å². The first-order chi connectivity index (χ1) is 5.64. The number of rotatable bonds is 1. The first-order valence-electron chi connectivity index (χ1n) is 4.68. The van der Waals surface area contributed by atoms with Gasteiger partial charge in [-0.25, -0.2) is 0 Å². The lowest BCUT2D eigenvalue weighted by Gasteiger charge is -2.30.